The van der Waals surface area contributed by atoms with Crippen molar-refractivity contribution < 1.29 is 23.8 Å². The summed E-state index contributed by atoms with van der Waals surface area (Å²) in [6, 6.07) is 14.5. The van der Waals surface area contributed by atoms with Crippen molar-refractivity contribution in [2.24, 2.45) is 0 Å². The monoisotopic (exact) mass is 370 g/mol. The summed E-state index contributed by atoms with van der Waals surface area (Å²) >= 11 is 0. The molecule has 0 heterocycles. The average Bonchev–Trinajstić information content (AvgIpc) is 2.65. The van der Waals surface area contributed by atoms with E-state index in [4.69, 9.17) is 14.2 Å². The minimum atomic E-state index is -0.578. The van der Waals surface area contributed by atoms with Gasteiger partial charge in [-0.2, -0.15) is 0 Å². The molecule has 2 aromatic rings. The highest BCUT2D eigenvalue weighted by Crippen LogP contribution is 2.16. The highest BCUT2D eigenvalue weighted by molar-refractivity contribution is 5.87. The molecule has 5 heteroatoms. The first-order valence-electron chi connectivity index (χ1n) is 9.27. The van der Waals surface area contributed by atoms with Crippen LogP contribution in [0.15, 0.2) is 48.5 Å². The lowest BCUT2D eigenvalue weighted by Crippen LogP contribution is -2.16. The molecule has 0 unspecified atom stereocenters. The van der Waals surface area contributed by atoms with Gasteiger partial charge in [-0.05, 0) is 48.2 Å². The Hall–Kier alpha value is -2.82. The van der Waals surface area contributed by atoms with Crippen LogP contribution in [-0.2, 0) is 27.2 Å². The van der Waals surface area contributed by atoms with Crippen molar-refractivity contribution in [2.45, 2.75) is 39.5 Å². The van der Waals surface area contributed by atoms with Crippen molar-refractivity contribution in [1.29, 1.82) is 0 Å². The molecule has 0 fully saturated rings. The predicted molar refractivity (Wildman–Crippen MR) is 103 cm³/mol. The van der Waals surface area contributed by atoms with Crippen molar-refractivity contribution in [2.75, 3.05) is 13.2 Å². The molecule has 0 aliphatic carbocycles. The lowest BCUT2D eigenvalue weighted by molar-refractivity contribution is -0.158. The summed E-state index contributed by atoms with van der Waals surface area (Å²) < 4.78 is 16.0. The fourth-order valence-electron chi connectivity index (χ4n) is 2.46. The number of rotatable bonds is 10. The van der Waals surface area contributed by atoms with E-state index in [2.05, 4.69) is 0 Å². The highest BCUT2D eigenvalue weighted by Gasteiger charge is 2.13. The zero-order valence-corrected chi connectivity index (χ0v) is 15.9. The van der Waals surface area contributed by atoms with Gasteiger partial charge in [0.15, 0.2) is 0 Å². The maximum absolute atomic E-state index is 12.0. The van der Waals surface area contributed by atoms with Crippen LogP contribution in [-0.4, -0.2) is 25.2 Å². The van der Waals surface area contributed by atoms with Gasteiger partial charge >= 0.3 is 11.9 Å². The second kappa shape index (κ2) is 11.0. The molecule has 0 saturated heterocycles. The Labute approximate surface area is 160 Å². The van der Waals surface area contributed by atoms with Crippen molar-refractivity contribution in [3.8, 4) is 11.5 Å². The summed E-state index contributed by atoms with van der Waals surface area (Å²) in [6.45, 7) is 5.29. The van der Waals surface area contributed by atoms with Gasteiger partial charge in [0.25, 0.3) is 0 Å². The molecule has 2 rings (SSSR count). The van der Waals surface area contributed by atoms with Crippen molar-refractivity contribution in [1.82, 2.24) is 0 Å². The maximum Gasteiger partial charge on any atom is 0.317 e. The lowest BCUT2D eigenvalue weighted by Gasteiger charge is -2.08. The topological polar surface area (TPSA) is 61.8 Å². The molecule has 0 atom stereocenters. The Morgan fingerprint density at radius 1 is 0.741 bits per heavy atom. The number of hydrogen-bond acceptors (Lipinski definition) is 5. The Bertz CT molecular complexity index is 690. The van der Waals surface area contributed by atoms with Gasteiger partial charge in [0.05, 0.1) is 26.1 Å². The van der Waals surface area contributed by atoms with Gasteiger partial charge < -0.3 is 14.2 Å². The van der Waals surface area contributed by atoms with Gasteiger partial charge in [-0.3, -0.25) is 9.59 Å². The number of benzene rings is 2. The van der Waals surface area contributed by atoms with Crippen LogP contribution in [0.2, 0.25) is 0 Å². The molecule has 0 saturated carbocycles. The van der Waals surface area contributed by atoms with Gasteiger partial charge in [-0.25, -0.2) is 0 Å². The van der Waals surface area contributed by atoms with E-state index in [-0.39, 0.29) is 12.8 Å². The number of carbonyl (C=O) groups excluding carboxylic acids is 2. The summed E-state index contributed by atoms with van der Waals surface area (Å²) in [5.74, 6) is 0.256. The summed E-state index contributed by atoms with van der Waals surface area (Å²) in [5.41, 5.74) is 1.49. The molecule has 0 amide bonds. The van der Waals surface area contributed by atoms with E-state index in [1.54, 1.807) is 24.3 Å². The van der Waals surface area contributed by atoms with E-state index < -0.39 is 11.9 Å². The largest absolute Gasteiger partial charge is 0.494 e. The molecular weight excluding hydrogens is 344 g/mol. The average molecular weight is 370 g/mol. The van der Waals surface area contributed by atoms with Crippen LogP contribution >= 0.6 is 0 Å². The molecule has 2 aromatic carbocycles. The zero-order chi connectivity index (χ0) is 19.5. The van der Waals surface area contributed by atoms with E-state index in [1.807, 2.05) is 38.1 Å². The Balaban J connectivity index is 1.86. The molecule has 0 bridgehead atoms. The molecule has 0 radical (unpaired) electrons. The molecule has 5 nitrogen and oxygen atoms in total. The van der Waals surface area contributed by atoms with E-state index in [0.29, 0.717) is 24.7 Å². The Morgan fingerprint density at radius 3 is 1.59 bits per heavy atom. The fraction of sp³-hybridized carbons (Fsp3) is 0.364. The third kappa shape index (κ3) is 7.52. The van der Waals surface area contributed by atoms with E-state index in [1.165, 1.54) is 0 Å². The van der Waals surface area contributed by atoms with E-state index in [9.17, 15) is 9.59 Å². The first-order chi connectivity index (χ1) is 13.1. The summed E-state index contributed by atoms with van der Waals surface area (Å²) in [5, 5.41) is 0. The van der Waals surface area contributed by atoms with Crippen molar-refractivity contribution in [3.63, 3.8) is 0 Å². The third-order valence-corrected chi connectivity index (χ3v) is 3.67. The smallest absolute Gasteiger partial charge is 0.317 e. The SMILES string of the molecule is CCCOc1cccc(CC(=O)OC(=O)Cc2cccc(OCCC)c2)c1. The van der Waals surface area contributed by atoms with Gasteiger partial charge in [0, 0.05) is 0 Å². The second-order valence-corrected chi connectivity index (χ2v) is 6.19. The molecule has 0 aliphatic rings. The van der Waals surface area contributed by atoms with Gasteiger partial charge in [0.1, 0.15) is 11.5 Å². The highest BCUT2D eigenvalue weighted by atomic mass is 16.6. The molecule has 144 valence electrons. The van der Waals surface area contributed by atoms with E-state index in [0.717, 1.165) is 24.0 Å². The number of hydrogen-bond donors (Lipinski definition) is 0. The predicted octanol–water partition coefficient (Wildman–Crippen LogP) is 4.12. The maximum atomic E-state index is 12.0. The van der Waals surface area contributed by atoms with Crippen molar-refractivity contribution >= 4 is 11.9 Å². The molecule has 0 aliphatic heterocycles. The van der Waals surface area contributed by atoms with Crippen LogP contribution < -0.4 is 9.47 Å². The first kappa shape index (κ1) is 20.5. The van der Waals surface area contributed by atoms with Gasteiger partial charge in [0.2, 0.25) is 0 Å². The molecule has 0 N–H and O–H groups in total. The summed E-state index contributed by atoms with van der Waals surface area (Å²) in [7, 11) is 0. The minimum absolute atomic E-state index is 0.0225. The quantitative estimate of drug-likeness (QED) is 0.465. The number of esters is 2. The van der Waals surface area contributed by atoms with Crippen LogP contribution in [0, 0.1) is 0 Å². The number of carbonyl (C=O) groups is 2. The zero-order valence-electron chi connectivity index (χ0n) is 15.9. The first-order valence-corrected chi connectivity index (χ1v) is 9.27. The fourth-order valence-corrected chi connectivity index (χ4v) is 2.46. The summed E-state index contributed by atoms with van der Waals surface area (Å²) in [6.07, 6.45) is 1.86. The van der Waals surface area contributed by atoms with Crippen LogP contribution in [0.5, 0.6) is 11.5 Å². The van der Waals surface area contributed by atoms with Crippen LogP contribution in [0.1, 0.15) is 37.8 Å². The normalized spacial score (nSPS) is 10.3. The van der Waals surface area contributed by atoms with Crippen molar-refractivity contribution in [3.05, 3.63) is 59.7 Å². The molecule has 27 heavy (non-hydrogen) atoms. The van der Waals surface area contributed by atoms with Crippen LogP contribution in [0.25, 0.3) is 0 Å². The lowest BCUT2D eigenvalue weighted by atomic mass is 10.1. The standard InChI is InChI=1S/C22H26O5/c1-3-11-25-19-9-5-7-17(13-19)15-21(23)27-22(24)16-18-8-6-10-20(14-18)26-12-4-2/h5-10,13-14H,3-4,11-12,15-16H2,1-2H3. The molecular formula is C22H26O5. The van der Waals surface area contributed by atoms with Gasteiger partial charge in [-0.1, -0.05) is 38.1 Å². The third-order valence-electron chi connectivity index (χ3n) is 3.67. The number of ether oxygens (including phenoxy) is 3. The molecule has 0 aromatic heterocycles. The van der Waals surface area contributed by atoms with Crippen LogP contribution in [0.3, 0.4) is 0 Å². The van der Waals surface area contributed by atoms with E-state index >= 15 is 0 Å². The Kier molecular flexibility index (Phi) is 8.36. The minimum Gasteiger partial charge on any atom is -0.494 e. The second-order valence-electron chi connectivity index (χ2n) is 6.19. The molecule has 0 spiro atoms. The van der Waals surface area contributed by atoms with Crippen LogP contribution in [0.4, 0.5) is 0 Å². The Morgan fingerprint density at radius 2 is 1.19 bits per heavy atom. The van der Waals surface area contributed by atoms with Gasteiger partial charge in [-0.15, -0.1) is 0 Å². The summed E-state index contributed by atoms with van der Waals surface area (Å²) in [4.78, 5) is 24.1.